The maximum Gasteiger partial charge on any atom is 0.107 e. The molecule has 68 valence electrons. The third kappa shape index (κ3) is 1.65. The molecule has 0 unspecified atom stereocenters. The summed E-state index contributed by atoms with van der Waals surface area (Å²) in [5.74, 6) is 0. The topological polar surface area (TPSA) is 38.9 Å². The van der Waals surface area contributed by atoms with E-state index < -0.39 is 0 Å². The number of aryl methyl sites for hydroxylation is 1. The number of aromatic nitrogens is 1. The molecule has 0 saturated carbocycles. The van der Waals surface area contributed by atoms with Crippen molar-refractivity contribution in [2.45, 2.75) is 13.5 Å². The molecule has 0 saturated heterocycles. The van der Waals surface area contributed by atoms with Crippen molar-refractivity contribution in [2.24, 2.45) is 5.73 Å². The molecule has 2 heterocycles. The van der Waals surface area contributed by atoms with Gasteiger partial charge in [-0.05, 0) is 23.8 Å². The monoisotopic (exact) mass is 210 g/mol. The molecule has 0 radical (unpaired) electrons. The van der Waals surface area contributed by atoms with Crippen LogP contribution in [0.4, 0.5) is 0 Å². The van der Waals surface area contributed by atoms with E-state index in [1.807, 2.05) is 6.92 Å². The van der Waals surface area contributed by atoms with Gasteiger partial charge >= 0.3 is 0 Å². The van der Waals surface area contributed by atoms with Crippen LogP contribution in [0.3, 0.4) is 0 Å². The fourth-order valence-electron chi connectivity index (χ4n) is 1.20. The van der Waals surface area contributed by atoms with Crippen molar-refractivity contribution in [3.8, 4) is 10.4 Å². The van der Waals surface area contributed by atoms with Crippen LogP contribution in [0.25, 0.3) is 10.4 Å². The lowest BCUT2D eigenvalue weighted by Gasteiger charge is -1.90. The number of rotatable bonds is 2. The van der Waals surface area contributed by atoms with Gasteiger partial charge in [0, 0.05) is 12.1 Å². The maximum atomic E-state index is 5.54. The molecular weight excluding hydrogens is 200 g/mol. The first kappa shape index (κ1) is 8.87. The van der Waals surface area contributed by atoms with Gasteiger partial charge < -0.3 is 5.73 Å². The third-order valence-electron chi connectivity index (χ3n) is 1.80. The highest BCUT2D eigenvalue weighted by Gasteiger charge is 2.08. The average molecular weight is 210 g/mol. The van der Waals surface area contributed by atoms with Gasteiger partial charge in [-0.25, -0.2) is 4.98 Å². The molecule has 0 aliphatic heterocycles. The minimum Gasteiger partial charge on any atom is -0.325 e. The van der Waals surface area contributed by atoms with E-state index in [2.05, 4.69) is 21.8 Å². The van der Waals surface area contributed by atoms with Crippen LogP contribution < -0.4 is 5.73 Å². The summed E-state index contributed by atoms with van der Waals surface area (Å²) in [4.78, 5) is 5.63. The van der Waals surface area contributed by atoms with Gasteiger partial charge in [0.25, 0.3) is 0 Å². The number of thiazole rings is 1. The normalized spacial score (nSPS) is 10.6. The molecule has 0 aliphatic carbocycles. The van der Waals surface area contributed by atoms with Gasteiger partial charge in [0.15, 0.2) is 0 Å². The summed E-state index contributed by atoms with van der Waals surface area (Å²) >= 11 is 3.40. The Balaban J connectivity index is 2.46. The largest absolute Gasteiger partial charge is 0.325 e. The minimum absolute atomic E-state index is 0.537. The van der Waals surface area contributed by atoms with Gasteiger partial charge in [0.2, 0.25) is 0 Å². The summed E-state index contributed by atoms with van der Waals surface area (Å²) in [7, 11) is 0. The average Bonchev–Trinajstić information content (AvgIpc) is 2.72. The molecule has 0 aromatic carbocycles. The van der Waals surface area contributed by atoms with Crippen LogP contribution in [-0.2, 0) is 6.54 Å². The Hall–Kier alpha value is -0.710. The fraction of sp³-hybridized carbons (Fsp3) is 0.222. The summed E-state index contributed by atoms with van der Waals surface area (Å²) in [6.45, 7) is 2.57. The first-order valence-electron chi connectivity index (χ1n) is 4.00. The molecule has 0 amide bonds. The Morgan fingerprint density at radius 3 is 2.92 bits per heavy atom. The van der Waals surface area contributed by atoms with Crippen LogP contribution in [0.15, 0.2) is 16.8 Å². The molecule has 13 heavy (non-hydrogen) atoms. The van der Waals surface area contributed by atoms with E-state index in [4.69, 9.17) is 5.73 Å². The Labute approximate surface area is 85.1 Å². The predicted octanol–water partition coefficient (Wildman–Crippen LogP) is 2.64. The summed E-state index contributed by atoms with van der Waals surface area (Å²) in [6.07, 6.45) is 0. The maximum absolute atomic E-state index is 5.54. The van der Waals surface area contributed by atoms with E-state index in [0.717, 1.165) is 10.7 Å². The second-order valence-corrected chi connectivity index (χ2v) is 4.60. The number of nitrogens with zero attached hydrogens (tertiary/aromatic N) is 1. The van der Waals surface area contributed by atoms with Crippen LogP contribution in [0, 0.1) is 6.92 Å². The third-order valence-corrected chi connectivity index (χ3v) is 3.71. The van der Waals surface area contributed by atoms with Crippen LogP contribution in [-0.4, -0.2) is 4.98 Å². The first-order chi connectivity index (χ1) is 6.31. The Bertz CT molecular complexity index is 390. The van der Waals surface area contributed by atoms with Crippen LogP contribution >= 0.6 is 22.7 Å². The second-order valence-electron chi connectivity index (χ2n) is 2.74. The Kier molecular flexibility index (Phi) is 2.44. The molecule has 2 N–H and O–H groups in total. The van der Waals surface area contributed by atoms with Crippen molar-refractivity contribution in [1.82, 2.24) is 4.98 Å². The smallest absolute Gasteiger partial charge is 0.107 e. The zero-order valence-corrected chi connectivity index (χ0v) is 8.91. The zero-order chi connectivity index (χ0) is 9.26. The van der Waals surface area contributed by atoms with Crippen LogP contribution in [0.2, 0.25) is 0 Å². The lowest BCUT2D eigenvalue weighted by molar-refractivity contribution is 1.02. The van der Waals surface area contributed by atoms with Crippen molar-refractivity contribution in [2.75, 3.05) is 0 Å². The first-order valence-corrected chi connectivity index (χ1v) is 5.76. The molecule has 2 nitrogen and oxygen atoms in total. The molecule has 2 aromatic rings. The van der Waals surface area contributed by atoms with Crippen LogP contribution in [0.1, 0.15) is 10.7 Å². The SMILES string of the molecule is Cc1nc(CN)sc1-c1ccsc1. The molecule has 2 aromatic heterocycles. The standard InChI is InChI=1S/C9H10N2S2/c1-6-9(7-2-3-12-5-7)13-8(4-10)11-6/h2-3,5H,4,10H2,1H3. The summed E-state index contributed by atoms with van der Waals surface area (Å²) in [5, 5.41) is 5.23. The minimum atomic E-state index is 0.537. The highest BCUT2D eigenvalue weighted by Crippen LogP contribution is 2.31. The van der Waals surface area contributed by atoms with E-state index in [1.54, 1.807) is 22.7 Å². The summed E-state index contributed by atoms with van der Waals surface area (Å²) in [5.41, 5.74) is 7.89. The second kappa shape index (κ2) is 3.57. The molecule has 4 heteroatoms. The molecule has 0 fully saturated rings. The quantitative estimate of drug-likeness (QED) is 0.827. The highest BCUT2D eigenvalue weighted by atomic mass is 32.1. The fourth-order valence-corrected chi connectivity index (χ4v) is 2.86. The van der Waals surface area contributed by atoms with Gasteiger partial charge in [0.1, 0.15) is 5.01 Å². The summed E-state index contributed by atoms with van der Waals surface area (Å²) in [6, 6.07) is 2.12. The predicted molar refractivity (Wildman–Crippen MR) is 58.1 cm³/mol. The van der Waals surface area contributed by atoms with Gasteiger partial charge in [-0.2, -0.15) is 11.3 Å². The van der Waals surface area contributed by atoms with Crippen molar-refractivity contribution in [3.63, 3.8) is 0 Å². The van der Waals surface area contributed by atoms with E-state index in [-0.39, 0.29) is 0 Å². The molecule has 0 atom stereocenters. The molecule has 0 bridgehead atoms. The van der Waals surface area contributed by atoms with E-state index in [0.29, 0.717) is 6.54 Å². The van der Waals surface area contributed by atoms with Gasteiger partial charge in [-0.1, -0.05) is 0 Å². The lowest BCUT2D eigenvalue weighted by Crippen LogP contribution is -1.94. The van der Waals surface area contributed by atoms with Crippen molar-refractivity contribution in [3.05, 3.63) is 27.5 Å². The highest BCUT2D eigenvalue weighted by molar-refractivity contribution is 7.15. The molecule has 0 aliphatic rings. The molecule has 2 rings (SSSR count). The van der Waals surface area contributed by atoms with E-state index in [9.17, 15) is 0 Å². The van der Waals surface area contributed by atoms with Gasteiger partial charge in [-0.3, -0.25) is 0 Å². The number of nitrogens with two attached hydrogens (primary N) is 1. The lowest BCUT2D eigenvalue weighted by atomic mass is 10.2. The van der Waals surface area contributed by atoms with Crippen LogP contribution in [0.5, 0.6) is 0 Å². The van der Waals surface area contributed by atoms with Gasteiger partial charge in [0.05, 0.1) is 10.6 Å². The van der Waals surface area contributed by atoms with E-state index in [1.165, 1.54) is 10.4 Å². The Morgan fingerprint density at radius 2 is 2.38 bits per heavy atom. The van der Waals surface area contributed by atoms with Crippen molar-refractivity contribution in [1.29, 1.82) is 0 Å². The number of hydrogen-bond acceptors (Lipinski definition) is 4. The van der Waals surface area contributed by atoms with Crippen molar-refractivity contribution < 1.29 is 0 Å². The number of thiophene rings is 1. The van der Waals surface area contributed by atoms with E-state index >= 15 is 0 Å². The number of hydrogen-bond donors (Lipinski definition) is 1. The van der Waals surface area contributed by atoms with Gasteiger partial charge in [-0.15, -0.1) is 11.3 Å². The molecule has 0 spiro atoms. The molecular formula is C9H10N2S2. The zero-order valence-electron chi connectivity index (χ0n) is 7.28. The Morgan fingerprint density at radius 1 is 1.54 bits per heavy atom. The summed E-state index contributed by atoms with van der Waals surface area (Å²) < 4.78 is 0. The van der Waals surface area contributed by atoms with Crippen molar-refractivity contribution >= 4 is 22.7 Å².